The third kappa shape index (κ3) is 3.35. The van der Waals surface area contributed by atoms with Crippen molar-refractivity contribution in [2.24, 2.45) is 0 Å². The van der Waals surface area contributed by atoms with Crippen molar-refractivity contribution in [2.45, 2.75) is 33.1 Å². The highest BCUT2D eigenvalue weighted by molar-refractivity contribution is 5.67. The summed E-state index contributed by atoms with van der Waals surface area (Å²) >= 11 is 0. The number of aldehydes is 1. The molecule has 1 nitrogen and oxygen atoms in total. The summed E-state index contributed by atoms with van der Waals surface area (Å²) in [4.78, 5) is 10.4. The third-order valence-corrected chi connectivity index (χ3v) is 2.73. The number of rotatable bonds is 5. The largest absolute Gasteiger partial charge is 0.303 e. The van der Waals surface area contributed by atoms with Crippen LogP contribution in [-0.2, 0) is 4.79 Å². The van der Waals surface area contributed by atoms with Gasteiger partial charge in [0.05, 0.1) is 0 Å². The molecule has 0 radical (unpaired) electrons. The quantitative estimate of drug-likeness (QED) is 0.663. The molecule has 80 valence electrons. The lowest BCUT2D eigenvalue weighted by atomic mass is 9.96. The van der Waals surface area contributed by atoms with Crippen LogP contribution < -0.4 is 0 Å². The van der Waals surface area contributed by atoms with Crippen molar-refractivity contribution in [3.05, 3.63) is 41.5 Å². The molecule has 0 aromatic heterocycles. The maximum absolute atomic E-state index is 10.4. The van der Waals surface area contributed by atoms with Crippen molar-refractivity contribution in [3.63, 3.8) is 0 Å². The summed E-state index contributed by atoms with van der Waals surface area (Å²) in [6, 6.07) is 10.4. The van der Waals surface area contributed by atoms with E-state index in [9.17, 15) is 4.79 Å². The zero-order chi connectivity index (χ0) is 11.1. The Morgan fingerprint density at radius 1 is 1.27 bits per heavy atom. The minimum absolute atomic E-state index is 0.632. The van der Waals surface area contributed by atoms with E-state index < -0.39 is 0 Å². The summed E-state index contributed by atoms with van der Waals surface area (Å²) in [6.07, 6.45) is 3.54. The average Bonchev–Trinajstić information content (AvgIpc) is 2.31. The second-order valence-corrected chi connectivity index (χ2v) is 3.65. The van der Waals surface area contributed by atoms with Gasteiger partial charge in [-0.15, -0.1) is 0 Å². The molecular weight excluding hydrogens is 184 g/mol. The highest BCUT2D eigenvalue weighted by Crippen LogP contribution is 2.23. The zero-order valence-electron chi connectivity index (χ0n) is 9.49. The smallest absolute Gasteiger partial charge is 0.120 e. The molecule has 0 aliphatic carbocycles. The van der Waals surface area contributed by atoms with Crippen LogP contribution in [0.15, 0.2) is 35.9 Å². The van der Waals surface area contributed by atoms with Crippen molar-refractivity contribution >= 4 is 11.9 Å². The Labute approximate surface area is 91.8 Å². The number of carbonyl (C=O) groups is 1. The van der Waals surface area contributed by atoms with Crippen molar-refractivity contribution in [2.75, 3.05) is 0 Å². The normalized spacial score (nSPS) is 12.1. The van der Waals surface area contributed by atoms with Crippen molar-refractivity contribution in [3.8, 4) is 0 Å². The monoisotopic (exact) mass is 202 g/mol. The summed E-state index contributed by atoms with van der Waals surface area (Å²) in [5, 5.41) is 0. The molecule has 0 unspecified atom stereocenters. The van der Waals surface area contributed by atoms with Crippen LogP contribution in [0, 0.1) is 0 Å². The second-order valence-electron chi connectivity index (χ2n) is 3.65. The van der Waals surface area contributed by atoms with Gasteiger partial charge < -0.3 is 4.79 Å². The Bertz CT molecular complexity index is 336. The van der Waals surface area contributed by atoms with E-state index >= 15 is 0 Å². The molecule has 0 fully saturated rings. The Morgan fingerprint density at radius 2 is 1.93 bits per heavy atom. The molecule has 0 N–H and O–H groups in total. The molecule has 1 rings (SSSR count). The van der Waals surface area contributed by atoms with Crippen LogP contribution in [-0.4, -0.2) is 6.29 Å². The van der Waals surface area contributed by atoms with E-state index in [1.165, 1.54) is 16.7 Å². The van der Waals surface area contributed by atoms with Gasteiger partial charge in [0.15, 0.2) is 0 Å². The fraction of sp³-hybridized carbons (Fsp3) is 0.357. The molecule has 1 aromatic carbocycles. The molecule has 15 heavy (non-hydrogen) atoms. The van der Waals surface area contributed by atoms with Crippen LogP contribution in [0.4, 0.5) is 0 Å². The predicted octanol–water partition coefficient (Wildman–Crippen LogP) is 3.85. The van der Waals surface area contributed by atoms with Gasteiger partial charge in [-0.3, -0.25) is 0 Å². The Hall–Kier alpha value is -1.37. The van der Waals surface area contributed by atoms with E-state index in [0.29, 0.717) is 6.42 Å². The second kappa shape index (κ2) is 6.18. The van der Waals surface area contributed by atoms with Crippen LogP contribution in [0.3, 0.4) is 0 Å². The zero-order valence-corrected chi connectivity index (χ0v) is 9.49. The van der Waals surface area contributed by atoms with Crippen LogP contribution in [0.1, 0.15) is 38.7 Å². The minimum atomic E-state index is 0.632. The summed E-state index contributed by atoms with van der Waals surface area (Å²) < 4.78 is 0. The lowest BCUT2D eigenvalue weighted by Crippen LogP contribution is -1.89. The van der Waals surface area contributed by atoms with Gasteiger partial charge in [0.25, 0.3) is 0 Å². The van der Waals surface area contributed by atoms with E-state index in [4.69, 9.17) is 0 Å². The maximum atomic E-state index is 10.4. The lowest BCUT2D eigenvalue weighted by molar-refractivity contribution is -0.107. The molecule has 0 heterocycles. The number of benzene rings is 1. The van der Waals surface area contributed by atoms with Crippen LogP contribution in [0.25, 0.3) is 5.57 Å². The molecule has 0 saturated carbocycles. The minimum Gasteiger partial charge on any atom is -0.303 e. The number of allylic oxidation sites excluding steroid dienone is 2. The molecular formula is C14H18O. The first kappa shape index (κ1) is 11.7. The summed E-state index contributed by atoms with van der Waals surface area (Å²) in [5.41, 5.74) is 3.97. The summed E-state index contributed by atoms with van der Waals surface area (Å²) in [7, 11) is 0. The van der Waals surface area contributed by atoms with Gasteiger partial charge in [-0.05, 0) is 30.9 Å². The van der Waals surface area contributed by atoms with Gasteiger partial charge in [-0.2, -0.15) is 0 Å². The van der Waals surface area contributed by atoms with Crippen molar-refractivity contribution < 1.29 is 4.79 Å². The van der Waals surface area contributed by atoms with E-state index in [0.717, 1.165) is 19.1 Å². The lowest BCUT2D eigenvalue weighted by Gasteiger charge is -2.09. The highest BCUT2D eigenvalue weighted by atomic mass is 16.1. The van der Waals surface area contributed by atoms with Crippen LogP contribution in [0.2, 0.25) is 0 Å². The molecule has 0 aliphatic rings. The van der Waals surface area contributed by atoms with Gasteiger partial charge in [0, 0.05) is 6.42 Å². The molecule has 0 amide bonds. The molecule has 0 aliphatic heterocycles. The van der Waals surface area contributed by atoms with E-state index in [2.05, 4.69) is 26.0 Å². The first-order valence-electron chi connectivity index (χ1n) is 5.47. The number of hydrogen-bond donors (Lipinski definition) is 0. The van der Waals surface area contributed by atoms with Gasteiger partial charge in [-0.1, -0.05) is 42.8 Å². The fourth-order valence-corrected chi connectivity index (χ4v) is 1.75. The third-order valence-electron chi connectivity index (χ3n) is 2.73. The van der Waals surface area contributed by atoms with Gasteiger partial charge >= 0.3 is 0 Å². The molecule has 1 aromatic rings. The molecule has 1 heteroatoms. The highest BCUT2D eigenvalue weighted by Gasteiger charge is 2.02. The van der Waals surface area contributed by atoms with Gasteiger partial charge in [0.1, 0.15) is 6.29 Å². The van der Waals surface area contributed by atoms with Crippen LogP contribution in [0.5, 0.6) is 0 Å². The van der Waals surface area contributed by atoms with Gasteiger partial charge in [0.2, 0.25) is 0 Å². The van der Waals surface area contributed by atoms with Crippen LogP contribution >= 0.6 is 0 Å². The Balaban J connectivity index is 2.90. The number of carbonyl (C=O) groups excluding carboxylic acids is 1. The standard InChI is InChI=1S/C14H18O/c1-3-13(10-7-11-15)12(2)14-8-5-4-6-9-14/h4-6,8-9,11H,3,7,10H2,1-2H3. The number of hydrogen-bond acceptors (Lipinski definition) is 1. The molecule has 0 spiro atoms. The maximum Gasteiger partial charge on any atom is 0.120 e. The van der Waals surface area contributed by atoms with E-state index in [-0.39, 0.29) is 0 Å². The topological polar surface area (TPSA) is 17.1 Å². The predicted molar refractivity (Wildman–Crippen MR) is 64.6 cm³/mol. The first-order chi connectivity index (χ1) is 7.29. The average molecular weight is 202 g/mol. The molecule has 0 saturated heterocycles. The molecule has 0 atom stereocenters. The first-order valence-corrected chi connectivity index (χ1v) is 5.47. The van der Waals surface area contributed by atoms with Crippen molar-refractivity contribution in [1.82, 2.24) is 0 Å². The SMILES string of the molecule is CCC(CCC=O)=C(C)c1ccccc1. The van der Waals surface area contributed by atoms with E-state index in [1.54, 1.807) is 0 Å². The summed E-state index contributed by atoms with van der Waals surface area (Å²) in [5.74, 6) is 0. The Kier molecular flexibility index (Phi) is 4.82. The van der Waals surface area contributed by atoms with E-state index in [1.807, 2.05) is 18.2 Å². The summed E-state index contributed by atoms with van der Waals surface area (Å²) in [6.45, 7) is 4.28. The Morgan fingerprint density at radius 3 is 2.47 bits per heavy atom. The van der Waals surface area contributed by atoms with Gasteiger partial charge in [-0.25, -0.2) is 0 Å². The fourth-order valence-electron chi connectivity index (χ4n) is 1.75. The van der Waals surface area contributed by atoms with Crippen molar-refractivity contribution in [1.29, 1.82) is 0 Å². The molecule has 0 bridgehead atoms.